The lowest BCUT2D eigenvalue weighted by Gasteiger charge is -2.11. The Morgan fingerprint density at radius 3 is 2.55 bits per heavy atom. The lowest BCUT2D eigenvalue weighted by atomic mass is 10.2. The van der Waals surface area contributed by atoms with E-state index in [-0.39, 0.29) is 18.1 Å². The number of carbonyl (C=O) groups excluding carboxylic acids is 2. The van der Waals surface area contributed by atoms with Gasteiger partial charge in [0.25, 0.3) is 5.91 Å². The average Bonchev–Trinajstić information content (AvgIpc) is 2.83. The Morgan fingerprint density at radius 1 is 1.18 bits per heavy atom. The van der Waals surface area contributed by atoms with Crippen molar-refractivity contribution in [1.82, 2.24) is 5.32 Å². The van der Waals surface area contributed by atoms with E-state index in [0.717, 1.165) is 0 Å². The van der Waals surface area contributed by atoms with Gasteiger partial charge in [-0.05, 0) is 18.6 Å². The van der Waals surface area contributed by atoms with Crippen LogP contribution in [-0.4, -0.2) is 51.1 Å². The van der Waals surface area contributed by atoms with Crippen molar-refractivity contribution in [2.75, 3.05) is 24.7 Å². The molecule has 1 fully saturated rings. The predicted octanol–water partition coefficient (Wildman–Crippen LogP) is -0.0881. The number of ether oxygens (including phenoxy) is 2. The molecule has 0 aliphatic carbocycles. The Balaban J connectivity index is 1.65. The molecule has 1 saturated heterocycles. The first-order valence-electron chi connectivity index (χ1n) is 6.78. The summed E-state index contributed by atoms with van der Waals surface area (Å²) in [4.78, 5) is 23.0. The van der Waals surface area contributed by atoms with Gasteiger partial charge in [0, 0.05) is 6.04 Å². The Hall–Kier alpha value is -2.09. The summed E-state index contributed by atoms with van der Waals surface area (Å²) >= 11 is 0. The van der Waals surface area contributed by atoms with Crippen molar-refractivity contribution in [3.63, 3.8) is 0 Å². The molecular weight excluding hydrogens is 310 g/mol. The number of esters is 1. The lowest BCUT2D eigenvalue weighted by molar-refractivity contribution is -0.150. The van der Waals surface area contributed by atoms with E-state index in [0.29, 0.717) is 12.2 Å². The predicted molar refractivity (Wildman–Crippen MR) is 78.1 cm³/mol. The van der Waals surface area contributed by atoms with Crippen LogP contribution in [0.3, 0.4) is 0 Å². The molecule has 1 aliphatic heterocycles. The summed E-state index contributed by atoms with van der Waals surface area (Å²) in [5.41, 5.74) is 0. The van der Waals surface area contributed by atoms with Gasteiger partial charge in [-0.2, -0.15) is 0 Å². The minimum atomic E-state index is -3.05. The summed E-state index contributed by atoms with van der Waals surface area (Å²) in [7, 11) is -3.05. The van der Waals surface area contributed by atoms with Gasteiger partial charge in [-0.15, -0.1) is 0 Å². The third-order valence-corrected chi connectivity index (χ3v) is 4.83. The molecule has 1 amide bonds. The van der Waals surface area contributed by atoms with Crippen LogP contribution in [0.25, 0.3) is 0 Å². The number of sulfone groups is 1. The van der Waals surface area contributed by atoms with E-state index in [4.69, 9.17) is 9.47 Å². The quantitative estimate of drug-likeness (QED) is 0.733. The number of hydrogen-bond donors (Lipinski definition) is 1. The molecule has 1 aromatic carbocycles. The maximum atomic E-state index is 11.6. The molecule has 0 aromatic heterocycles. The molecular formula is C14H17NO6S. The molecule has 0 bridgehead atoms. The molecule has 1 aromatic rings. The van der Waals surface area contributed by atoms with Crippen molar-refractivity contribution >= 4 is 21.7 Å². The summed E-state index contributed by atoms with van der Waals surface area (Å²) in [6.07, 6.45) is 0.388. The normalized spacial score (nSPS) is 19.4. The fourth-order valence-corrected chi connectivity index (χ4v) is 3.70. The van der Waals surface area contributed by atoms with Gasteiger partial charge in [0.05, 0.1) is 11.5 Å². The second-order valence-corrected chi connectivity index (χ2v) is 7.16. The molecule has 0 radical (unpaired) electrons. The van der Waals surface area contributed by atoms with Crippen molar-refractivity contribution < 1.29 is 27.5 Å². The summed E-state index contributed by atoms with van der Waals surface area (Å²) in [6, 6.07) is 8.34. The smallest absolute Gasteiger partial charge is 0.344 e. The summed E-state index contributed by atoms with van der Waals surface area (Å²) < 4.78 is 32.4. The first-order chi connectivity index (χ1) is 10.4. The van der Waals surface area contributed by atoms with Gasteiger partial charge in [-0.25, -0.2) is 13.2 Å². The number of nitrogens with one attached hydrogen (secondary N) is 1. The van der Waals surface area contributed by atoms with E-state index in [1.54, 1.807) is 24.3 Å². The van der Waals surface area contributed by atoms with E-state index in [2.05, 4.69) is 5.32 Å². The van der Waals surface area contributed by atoms with Crippen LogP contribution in [0.2, 0.25) is 0 Å². The highest BCUT2D eigenvalue weighted by molar-refractivity contribution is 7.91. The zero-order chi connectivity index (χ0) is 16.0. The van der Waals surface area contributed by atoms with E-state index in [1.165, 1.54) is 0 Å². The van der Waals surface area contributed by atoms with Gasteiger partial charge in [0.2, 0.25) is 0 Å². The maximum absolute atomic E-state index is 11.6. The Bertz CT molecular complexity index is 628. The van der Waals surface area contributed by atoms with Crippen LogP contribution in [0.5, 0.6) is 5.75 Å². The fourth-order valence-electron chi connectivity index (χ4n) is 2.02. The van der Waals surface area contributed by atoms with Crippen LogP contribution >= 0.6 is 0 Å². The van der Waals surface area contributed by atoms with E-state index in [9.17, 15) is 18.0 Å². The van der Waals surface area contributed by atoms with Crippen LogP contribution in [-0.2, 0) is 24.2 Å². The molecule has 7 nitrogen and oxygen atoms in total. The van der Waals surface area contributed by atoms with Crippen LogP contribution in [0.4, 0.5) is 0 Å². The van der Waals surface area contributed by atoms with Crippen molar-refractivity contribution in [3.05, 3.63) is 30.3 Å². The van der Waals surface area contributed by atoms with Gasteiger partial charge in [-0.3, -0.25) is 4.79 Å². The molecule has 2 rings (SSSR count). The van der Waals surface area contributed by atoms with Crippen molar-refractivity contribution in [2.45, 2.75) is 12.5 Å². The highest BCUT2D eigenvalue weighted by Crippen LogP contribution is 2.11. The van der Waals surface area contributed by atoms with Gasteiger partial charge in [0.1, 0.15) is 5.75 Å². The summed E-state index contributed by atoms with van der Waals surface area (Å²) in [6.45, 7) is -0.747. The van der Waals surface area contributed by atoms with Gasteiger partial charge >= 0.3 is 5.97 Å². The molecule has 8 heteroatoms. The van der Waals surface area contributed by atoms with E-state index < -0.39 is 34.4 Å². The highest BCUT2D eigenvalue weighted by atomic mass is 32.2. The molecule has 1 atom stereocenters. The van der Waals surface area contributed by atoms with E-state index >= 15 is 0 Å². The Morgan fingerprint density at radius 2 is 1.91 bits per heavy atom. The van der Waals surface area contributed by atoms with Gasteiger partial charge < -0.3 is 14.8 Å². The molecule has 120 valence electrons. The minimum Gasteiger partial charge on any atom is -0.482 e. The second-order valence-electron chi connectivity index (χ2n) is 4.93. The van der Waals surface area contributed by atoms with Crippen molar-refractivity contribution in [1.29, 1.82) is 0 Å². The number of carbonyl (C=O) groups is 2. The largest absolute Gasteiger partial charge is 0.482 e. The zero-order valence-corrected chi connectivity index (χ0v) is 12.7. The number of para-hydroxylation sites is 1. The first kappa shape index (κ1) is 16.3. The molecule has 0 spiro atoms. The minimum absolute atomic E-state index is 0.0657. The van der Waals surface area contributed by atoms with Gasteiger partial charge in [0.15, 0.2) is 23.1 Å². The number of amides is 1. The van der Waals surface area contributed by atoms with Crippen LogP contribution < -0.4 is 10.1 Å². The molecule has 0 saturated carbocycles. The highest BCUT2D eigenvalue weighted by Gasteiger charge is 2.28. The monoisotopic (exact) mass is 327 g/mol. The third kappa shape index (κ3) is 5.36. The van der Waals surface area contributed by atoms with Gasteiger partial charge in [-0.1, -0.05) is 18.2 Å². The molecule has 1 N–H and O–H groups in total. The topological polar surface area (TPSA) is 98.8 Å². The Kier molecular flexibility index (Phi) is 5.37. The SMILES string of the molecule is O=C(COC(=O)COc1ccccc1)N[C@H]1CCS(=O)(=O)C1. The zero-order valence-electron chi connectivity index (χ0n) is 11.9. The average molecular weight is 327 g/mol. The second kappa shape index (κ2) is 7.26. The number of benzene rings is 1. The standard InChI is InChI=1S/C14H17NO6S/c16-13(15-11-6-7-22(18,19)10-11)8-21-14(17)9-20-12-4-2-1-3-5-12/h1-5,11H,6-10H2,(H,15,16)/t11-/m0/s1. The molecule has 0 unspecified atom stereocenters. The van der Waals surface area contributed by atoms with E-state index in [1.807, 2.05) is 6.07 Å². The van der Waals surface area contributed by atoms with Crippen molar-refractivity contribution in [3.8, 4) is 5.75 Å². The molecule has 1 aliphatic rings. The van der Waals surface area contributed by atoms with Crippen LogP contribution in [0.1, 0.15) is 6.42 Å². The number of hydrogen-bond acceptors (Lipinski definition) is 6. The first-order valence-corrected chi connectivity index (χ1v) is 8.60. The van der Waals surface area contributed by atoms with Crippen LogP contribution in [0.15, 0.2) is 30.3 Å². The molecule has 22 heavy (non-hydrogen) atoms. The number of rotatable bonds is 6. The maximum Gasteiger partial charge on any atom is 0.344 e. The summed E-state index contributed by atoms with van der Waals surface area (Å²) in [5.74, 6) is -0.653. The summed E-state index contributed by atoms with van der Waals surface area (Å²) in [5, 5.41) is 2.53. The lowest BCUT2D eigenvalue weighted by Crippen LogP contribution is -2.38. The van der Waals surface area contributed by atoms with Crippen LogP contribution in [0, 0.1) is 0 Å². The molecule has 1 heterocycles. The third-order valence-electron chi connectivity index (χ3n) is 3.06. The Labute approximate surface area is 128 Å². The van der Waals surface area contributed by atoms with Crippen molar-refractivity contribution in [2.24, 2.45) is 0 Å². The fraction of sp³-hybridized carbons (Fsp3) is 0.429.